The number of hydrogen-bond donors (Lipinski definition) is 1. The molecule has 1 aromatic carbocycles. The van der Waals surface area contributed by atoms with Gasteiger partial charge in [-0.3, -0.25) is 4.79 Å². The number of benzene rings is 1. The van der Waals surface area contributed by atoms with Crippen molar-refractivity contribution in [2.75, 3.05) is 13.6 Å². The molecule has 2 N–H and O–H groups in total. The van der Waals surface area contributed by atoms with E-state index in [9.17, 15) is 9.18 Å². The first-order valence-electron chi connectivity index (χ1n) is 7.29. The van der Waals surface area contributed by atoms with E-state index in [0.717, 1.165) is 17.1 Å². The lowest BCUT2D eigenvalue weighted by Crippen LogP contribution is -2.39. The number of amides is 1. The Morgan fingerprint density at radius 3 is 2.39 bits per heavy atom. The monoisotopic (exact) mass is 339 g/mol. The molecule has 1 aromatic heterocycles. The molecule has 1 amide bonds. The molecule has 23 heavy (non-hydrogen) atoms. The van der Waals surface area contributed by atoms with Crippen molar-refractivity contribution in [2.45, 2.75) is 26.8 Å². The second-order valence-electron chi connectivity index (χ2n) is 5.60. The smallest absolute Gasteiger partial charge is 0.255 e. The Balaban J connectivity index is 0.00000264. The zero-order valence-corrected chi connectivity index (χ0v) is 14.7. The number of nitrogens with two attached hydrogens (primary N) is 1. The van der Waals surface area contributed by atoms with E-state index in [0.29, 0.717) is 12.1 Å². The SMILES string of the molecule is Cc1cc(C(=O)N(C)C(C)CN)c(C)n1-c1ccc(F)cc1.Cl. The van der Waals surface area contributed by atoms with Crippen molar-refractivity contribution in [3.8, 4) is 5.69 Å². The molecule has 0 saturated carbocycles. The van der Waals surface area contributed by atoms with E-state index in [2.05, 4.69) is 0 Å². The van der Waals surface area contributed by atoms with Crippen molar-refractivity contribution >= 4 is 18.3 Å². The van der Waals surface area contributed by atoms with Crippen LogP contribution < -0.4 is 5.73 Å². The molecule has 0 bridgehead atoms. The molecule has 0 fully saturated rings. The summed E-state index contributed by atoms with van der Waals surface area (Å²) in [6.07, 6.45) is 0. The maximum absolute atomic E-state index is 13.1. The minimum Gasteiger partial charge on any atom is -0.338 e. The molecule has 1 atom stereocenters. The van der Waals surface area contributed by atoms with E-state index >= 15 is 0 Å². The van der Waals surface area contributed by atoms with Crippen molar-refractivity contribution in [1.82, 2.24) is 9.47 Å². The fraction of sp³-hybridized carbons (Fsp3) is 0.353. The number of likely N-dealkylation sites (N-methyl/N-ethyl adjacent to an activating group) is 1. The first kappa shape index (κ1) is 19.2. The number of nitrogens with zero attached hydrogens (tertiary/aromatic N) is 2. The number of aryl methyl sites for hydroxylation is 1. The average Bonchev–Trinajstić information content (AvgIpc) is 2.81. The zero-order valence-electron chi connectivity index (χ0n) is 13.8. The number of rotatable bonds is 4. The van der Waals surface area contributed by atoms with Crippen LogP contribution in [-0.2, 0) is 0 Å². The molecule has 1 unspecified atom stereocenters. The van der Waals surface area contributed by atoms with Crippen LogP contribution in [0.3, 0.4) is 0 Å². The maximum atomic E-state index is 13.1. The van der Waals surface area contributed by atoms with Gasteiger partial charge in [-0.25, -0.2) is 4.39 Å². The van der Waals surface area contributed by atoms with Crippen LogP contribution in [-0.4, -0.2) is 35.0 Å². The van der Waals surface area contributed by atoms with Gasteiger partial charge >= 0.3 is 0 Å². The van der Waals surface area contributed by atoms with E-state index in [4.69, 9.17) is 5.73 Å². The molecule has 2 aromatic rings. The van der Waals surface area contributed by atoms with Crippen LogP contribution in [0.4, 0.5) is 4.39 Å². The van der Waals surface area contributed by atoms with Gasteiger partial charge in [0.05, 0.1) is 5.56 Å². The van der Waals surface area contributed by atoms with Gasteiger partial charge in [0.2, 0.25) is 0 Å². The van der Waals surface area contributed by atoms with Gasteiger partial charge in [-0.1, -0.05) is 0 Å². The molecular formula is C17H23ClFN3O. The first-order valence-corrected chi connectivity index (χ1v) is 7.29. The molecular weight excluding hydrogens is 317 g/mol. The Morgan fingerprint density at radius 1 is 1.30 bits per heavy atom. The summed E-state index contributed by atoms with van der Waals surface area (Å²) in [5.41, 5.74) is 8.88. The number of halogens is 2. The molecule has 0 aliphatic rings. The molecule has 4 nitrogen and oxygen atoms in total. The summed E-state index contributed by atoms with van der Waals surface area (Å²) < 4.78 is 15.0. The maximum Gasteiger partial charge on any atom is 0.255 e. The molecule has 0 saturated heterocycles. The zero-order chi connectivity index (χ0) is 16.4. The fourth-order valence-corrected chi connectivity index (χ4v) is 2.52. The van der Waals surface area contributed by atoms with Crippen molar-refractivity contribution in [2.24, 2.45) is 5.73 Å². The fourth-order valence-electron chi connectivity index (χ4n) is 2.52. The third-order valence-corrected chi connectivity index (χ3v) is 4.07. The van der Waals surface area contributed by atoms with Gasteiger partial charge in [0.15, 0.2) is 0 Å². The Kier molecular flexibility index (Phi) is 6.36. The van der Waals surface area contributed by atoms with Crippen molar-refractivity contribution < 1.29 is 9.18 Å². The molecule has 0 aliphatic heterocycles. The summed E-state index contributed by atoms with van der Waals surface area (Å²) in [7, 11) is 1.75. The molecule has 2 rings (SSSR count). The molecule has 6 heteroatoms. The number of carbonyl (C=O) groups excluding carboxylic acids is 1. The largest absolute Gasteiger partial charge is 0.338 e. The predicted octanol–water partition coefficient (Wildman–Crippen LogP) is 3.07. The van der Waals surface area contributed by atoms with E-state index in [1.807, 2.05) is 31.4 Å². The minimum absolute atomic E-state index is 0. The van der Waals surface area contributed by atoms with Gasteiger partial charge < -0.3 is 15.2 Å². The molecule has 0 radical (unpaired) electrons. The third kappa shape index (κ3) is 3.74. The highest BCUT2D eigenvalue weighted by atomic mass is 35.5. The summed E-state index contributed by atoms with van der Waals surface area (Å²) >= 11 is 0. The second kappa shape index (κ2) is 7.62. The van der Waals surface area contributed by atoms with Crippen LogP contribution in [0.25, 0.3) is 5.69 Å². The van der Waals surface area contributed by atoms with Gasteiger partial charge in [0, 0.05) is 36.7 Å². The van der Waals surface area contributed by atoms with Crippen LogP contribution in [0.2, 0.25) is 0 Å². The highest BCUT2D eigenvalue weighted by Crippen LogP contribution is 2.22. The Hall–Kier alpha value is -1.85. The van der Waals surface area contributed by atoms with Crippen LogP contribution in [0.5, 0.6) is 0 Å². The Bertz CT molecular complexity index is 682. The molecule has 126 valence electrons. The summed E-state index contributed by atoms with van der Waals surface area (Å²) in [5, 5.41) is 0. The highest BCUT2D eigenvalue weighted by molar-refractivity contribution is 5.96. The quantitative estimate of drug-likeness (QED) is 0.930. The summed E-state index contributed by atoms with van der Waals surface area (Å²) in [6, 6.07) is 8.07. The van der Waals surface area contributed by atoms with Crippen molar-refractivity contribution in [1.29, 1.82) is 0 Å². The van der Waals surface area contributed by atoms with Gasteiger partial charge in [0.1, 0.15) is 5.82 Å². The van der Waals surface area contributed by atoms with Crippen LogP contribution in [0.15, 0.2) is 30.3 Å². The van der Waals surface area contributed by atoms with Crippen LogP contribution in [0.1, 0.15) is 28.7 Å². The molecule has 0 aliphatic carbocycles. The number of aromatic nitrogens is 1. The minimum atomic E-state index is -0.279. The van der Waals surface area contributed by atoms with Crippen LogP contribution in [0, 0.1) is 19.7 Å². The number of hydrogen-bond acceptors (Lipinski definition) is 2. The van der Waals surface area contributed by atoms with E-state index in [1.165, 1.54) is 12.1 Å². The molecule has 1 heterocycles. The van der Waals surface area contributed by atoms with E-state index in [1.54, 1.807) is 24.1 Å². The van der Waals surface area contributed by atoms with Crippen molar-refractivity contribution in [3.05, 3.63) is 53.1 Å². The van der Waals surface area contributed by atoms with Gasteiger partial charge in [-0.15, -0.1) is 12.4 Å². The van der Waals surface area contributed by atoms with Crippen molar-refractivity contribution in [3.63, 3.8) is 0 Å². The third-order valence-electron chi connectivity index (χ3n) is 4.07. The Labute approximate surface area is 142 Å². The van der Waals surface area contributed by atoms with Gasteiger partial charge in [0.25, 0.3) is 5.91 Å². The normalized spacial score (nSPS) is 11.7. The van der Waals surface area contributed by atoms with E-state index in [-0.39, 0.29) is 30.2 Å². The summed E-state index contributed by atoms with van der Waals surface area (Å²) in [5.74, 6) is -0.335. The van der Waals surface area contributed by atoms with Gasteiger partial charge in [-0.05, 0) is 51.1 Å². The standard InChI is InChI=1S/C17H22FN3O.ClH/c1-11-9-16(17(22)20(4)12(2)10-19)13(3)21(11)15-7-5-14(18)6-8-15;/h5-9,12H,10,19H2,1-4H3;1H. The first-order chi connectivity index (χ1) is 10.4. The molecule has 0 spiro atoms. The predicted molar refractivity (Wildman–Crippen MR) is 93.1 cm³/mol. The highest BCUT2D eigenvalue weighted by Gasteiger charge is 2.22. The Morgan fingerprint density at radius 2 is 1.87 bits per heavy atom. The van der Waals surface area contributed by atoms with Gasteiger partial charge in [-0.2, -0.15) is 0 Å². The second-order valence-corrected chi connectivity index (χ2v) is 5.60. The number of carbonyl (C=O) groups is 1. The lowest BCUT2D eigenvalue weighted by Gasteiger charge is -2.23. The summed E-state index contributed by atoms with van der Waals surface area (Å²) in [6.45, 7) is 6.15. The van der Waals surface area contributed by atoms with Crippen LogP contribution >= 0.6 is 12.4 Å². The lowest BCUT2D eigenvalue weighted by molar-refractivity contribution is 0.0747. The topological polar surface area (TPSA) is 51.3 Å². The average molecular weight is 340 g/mol. The van der Waals surface area contributed by atoms with E-state index < -0.39 is 0 Å². The lowest BCUT2D eigenvalue weighted by atomic mass is 10.2. The summed E-state index contributed by atoms with van der Waals surface area (Å²) in [4.78, 5) is 14.3.